The number of benzene rings is 1. The first-order chi connectivity index (χ1) is 7.07. The van der Waals surface area contributed by atoms with Gasteiger partial charge in [0.15, 0.2) is 0 Å². The fourth-order valence-electron chi connectivity index (χ4n) is 1.19. The number of nitrogens with zero attached hydrogens (tertiary/aromatic N) is 3. The quantitative estimate of drug-likeness (QED) is 0.597. The average molecular weight is 251 g/mol. The van der Waals surface area contributed by atoms with E-state index in [-0.39, 0.29) is 51.4 Å². The molecule has 8 heteroatoms. The standard InChI is InChI=1S/C8H6BF3N3.K/c10-9(11,12)7-1-3-8(4-2-7)15-6-13-5-14-15;/h1-6H;/q-1;+1. The Hall–Kier alpha value is -0.149. The van der Waals surface area contributed by atoms with Crippen LogP contribution < -0.4 is 56.8 Å². The maximum Gasteiger partial charge on any atom is 1.00 e. The summed E-state index contributed by atoms with van der Waals surface area (Å²) in [4.78, 5) is 3.70. The van der Waals surface area contributed by atoms with Crippen molar-refractivity contribution >= 4 is 12.4 Å². The molecule has 16 heavy (non-hydrogen) atoms. The molecule has 0 aliphatic heterocycles. The molecule has 0 bridgehead atoms. The van der Waals surface area contributed by atoms with Crippen LogP contribution in [0.2, 0.25) is 0 Å². The van der Waals surface area contributed by atoms with Crippen molar-refractivity contribution in [1.82, 2.24) is 14.8 Å². The average Bonchev–Trinajstić information content (AvgIpc) is 2.69. The molecule has 1 heterocycles. The summed E-state index contributed by atoms with van der Waals surface area (Å²) in [6.45, 7) is -4.93. The first kappa shape index (κ1) is 13.9. The van der Waals surface area contributed by atoms with Crippen molar-refractivity contribution in [2.45, 2.75) is 0 Å². The largest absolute Gasteiger partial charge is 1.00 e. The summed E-state index contributed by atoms with van der Waals surface area (Å²) in [7, 11) is 0. The van der Waals surface area contributed by atoms with Gasteiger partial charge in [0.25, 0.3) is 0 Å². The van der Waals surface area contributed by atoms with Crippen molar-refractivity contribution in [1.29, 1.82) is 0 Å². The molecule has 0 saturated carbocycles. The van der Waals surface area contributed by atoms with Crippen molar-refractivity contribution in [3.63, 3.8) is 0 Å². The van der Waals surface area contributed by atoms with Crippen LogP contribution in [0, 0.1) is 0 Å². The van der Waals surface area contributed by atoms with Crippen LogP contribution in [0.3, 0.4) is 0 Å². The van der Waals surface area contributed by atoms with E-state index in [1.54, 1.807) is 0 Å². The van der Waals surface area contributed by atoms with Crippen LogP contribution in [0.15, 0.2) is 36.9 Å². The number of rotatable bonds is 2. The molecule has 78 valence electrons. The molecule has 0 radical (unpaired) electrons. The minimum Gasteiger partial charge on any atom is -0.445 e. The predicted molar refractivity (Wildman–Crippen MR) is 50.1 cm³/mol. The van der Waals surface area contributed by atoms with E-state index in [0.29, 0.717) is 5.69 Å². The van der Waals surface area contributed by atoms with E-state index >= 15 is 0 Å². The van der Waals surface area contributed by atoms with Gasteiger partial charge in [-0.3, -0.25) is 0 Å². The van der Waals surface area contributed by atoms with Gasteiger partial charge < -0.3 is 12.9 Å². The van der Waals surface area contributed by atoms with Crippen molar-refractivity contribution in [3.8, 4) is 5.69 Å². The molecule has 0 aliphatic carbocycles. The molecule has 0 atom stereocenters. The summed E-state index contributed by atoms with van der Waals surface area (Å²) < 4.78 is 38.3. The van der Waals surface area contributed by atoms with Gasteiger partial charge in [0.1, 0.15) is 12.7 Å². The van der Waals surface area contributed by atoms with Gasteiger partial charge in [-0.15, -0.1) is 5.46 Å². The van der Waals surface area contributed by atoms with Crippen LogP contribution in [0.1, 0.15) is 0 Å². The molecular weight excluding hydrogens is 245 g/mol. The van der Waals surface area contributed by atoms with E-state index in [2.05, 4.69) is 10.1 Å². The summed E-state index contributed by atoms with van der Waals surface area (Å²) in [5, 5.41) is 3.81. The molecule has 3 nitrogen and oxygen atoms in total. The molecule has 0 fully saturated rings. The zero-order valence-corrected chi connectivity index (χ0v) is 11.6. The molecular formula is C8H6BF3KN3. The second kappa shape index (κ2) is 5.46. The predicted octanol–water partition coefficient (Wildman–Crippen LogP) is -1.67. The maximum absolute atomic E-state index is 12.3. The third-order valence-electron chi connectivity index (χ3n) is 1.95. The Morgan fingerprint density at radius 1 is 1.06 bits per heavy atom. The normalized spacial score (nSPS) is 10.9. The van der Waals surface area contributed by atoms with E-state index in [1.165, 1.54) is 29.5 Å². The Labute approximate surface area is 133 Å². The van der Waals surface area contributed by atoms with Gasteiger partial charge in [0.05, 0.1) is 5.69 Å². The monoisotopic (exact) mass is 251 g/mol. The van der Waals surface area contributed by atoms with Crippen LogP contribution in [0.5, 0.6) is 0 Å². The zero-order chi connectivity index (χ0) is 10.9. The smallest absolute Gasteiger partial charge is 0.445 e. The molecule has 2 rings (SSSR count). The summed E-state index contributed by atoms with van der Waals surface area (Å²) >= 11 is 0. The van der Waals surface area contributed by atoms with Gasteiger partial charge >= 0.3 is 58.4 Å². The Kier molecular flexibility index (Phi) is 4.75. The van der Waals surface area contributed by atoms with E-state index in [9.17, 15) is 12.9 Å². The third kappa shape index (κ3) is 3.17. The van der Waals surface area contributed by atoms with Gasteiger partial charge in [0.2, 0.25) is 0 Å². The van der Waals surface area contributed by atoms with Crippen LogP contribution >= 0.6 is 0 Å². The number of halogens is 3. The molecule has 0 amide bonds. The molecule has 0 unspecified atom stereocenters. The molecule has 1 aromatic carbocycles. The van der Waals surface area contributed by atoms with E-state index in [4.69, 9.17) is 0 Å². The molecule has 0 N–H and O–H groups in total. The van der Waals surface area contributed by atoms with Crippen molar-refractivity contribution in [3.05, 3.63) is 36.9 Å². The SMILES string of the molecule is F[B-](F)(F)c1ccc(-n2cncn2)cc1.[K+]. The molecule has 0 saturated heterocycles. The van der Waals surface area contributed by atoms with Gasteiger partial charge in [0, 0.05) is 0 Å². The summed E-state index contributed by atoms with van der Waals surface area (Å²) in [5.41, 5.74) is -0.0600. The molecule has 0 spiro atoms. The molecule has 2 aromatic rings. The molecule has 0 aliphatic rings. The minimum absolute atomic E-state index is 0. The van der Waals surface area contributed by atoms with Gasteiger partial charge in [-0.25, -0.2) is 9.67 Å². The second-order valence-corrected chi connectivity index (χ2v) is 3.01. The van der Waals surface area contributed by atoms with Crippen LogP contribution in [-0.4, -0.2) is 21.7 Å². The van der Waals surface area contributed by atoms with E-state index in [0.717, 1.165) is 12.1 Å². The van der Waals surface area contributed by atoms with Crippen molar-refractivity contribution < 1.29 is 64.3 Å². The van der Waals surface area contributed by atoms with Crippen LogP contribution in [-0.2, 0) is 0 Å². The Balaban J connectivity index is 0.00000128. The fraction of sp³-hybridized carbons (Fsp3) is 0. The van der Waals surface area contributed by atoms with Gasteiger partial charge in [-0.05, 0) is 12.1 Å². The second-order valence-electron chi connectivity index (χ2n) is 3.01. The van der Waals surface area contributed by atoms with Crippen molar-refractivity contribution in [2.75, 3.05) is 0 Å². The van der Waals surface area contributed by atoms with Gasteiger partial charge in [-0.1, -0.05) is 12.1 Å². The zero-order valence-electron chi connectivity index (χ0n) is 8.52. The summed E-state index contributed by atoms with van der Waals surface area (Å²) in [5.74, 6) is 0. The molecule has 1 aromatic heterocycles. The Morgan fingerprint density at radius 3 is 2.12 bits per heavy atom. The van der Waals surface area contributed by atoms with Crippen LogP contribution in [0.4, 0.5) is 12.9 Å². The van der Waals surface area contributed by atoms with Gasteiger partial charge in [-0.2, -0.15) is 5.10 Å². The summed E-state index contributed by atoms with van der Waals surface area (Å²) in [6, 6.07) is 4.80. The van der Waals surface area contributed by atoms with E-state index in [1.807, 2.05) is 0 Å². The topological polar surface area (TPSA) is 30.7 Å². The Bertz CT molecular complexity index is 441. The first-order valence-corrected chi connectivity index (χ1v) is 4.22. The van der Waals surface area contributed by atoms with Crippen molar-refractivity contribution in [2.24, 2.45) is 0 Å². The fourth-order valence-corrected chi connectivity index (χ4v) is 1.19. The maximum atomic E-state index is 12.3. The Morgan fingerprint density at radius 2 is 1.69 bits per heavy atom. The van der Waals surface area contributed by atoms with Crippen LogP contribution in [0.25, 0.3) is 5.69 Å². The third-order valence-corrected chi connectivity index (χ3v) is 1.95. The first-order valence-electron chi connectivity index (χ1n) is 4.22. The number of hydrogen-bond donors (Lipinski definition) is 0. The summed E-state index contributed by atoms with van der Waals surface area (Å²) in [6.07, 6.45) is 2.75. The number of aromatic nitrogens is 3. The minimum atomic E-state index is -4.93. The number of hydrogen-bond acceptors (Lipinski definition) is 2. The van der Waals surface area contributed by atoms with E-state index < -0.39 is 12.4 Å².